The minimum absolute atomic E-state index is 0.108. The molecule has 0 N–H and O–H groups in total. The Balaban J connectivity index is 2.44. The van der Waals surface area contributed by atoms with Gasteiger partial charge in [-0.25, -0.2) is 0 Å². The number of hydrogen-bond donors (Lipinski definition) is 0. The van der Waals surface area contributed by atoms with Crippen molar-refractivity contribution in [1.29, 1.82) is 5.26 Å². The van der Waals surface area contributed by atoms with Crippen LogP contribution in [0.2, 0.25) is 0 Å². The van der Waals surface area contributed by atoms with E-state index in [0.717, 1.165) is 0 Å². The van der Waals surface area contributed by atoms with Gasteiger partial charge in [0.1, 0.15) is 0 Å². The Labute approximate surface area is 123 Å². The lowest BCUT2D eigenvalue weighted by atomic mass is 9.98. The third-order valence-electron chi connectivity index (χ3n) is 2.99. The number of benzene rings is 2. The highest BCUT2D eigenvalue weighted by Gasteiger charge is 2.16. The molecule has 0 aliphatic carbocycles. The second kappa shape index (κ2) is 6.44. The zero-order chi connectivity index (χ0) is 15.2. The summed E-state index contributed by atoms with van der Waals surface area (Å²) in [5.74, 6) is -0.614. The maximum absolute atomic E-state index is 12.4. The van der Waals surface area contributed by atoms with Crippen LogP contribution in [0.3, 0.4) is 0 Å². The van der Waals surface area contributed by atoms with Crippen molar-refractivity contribution in [3.05, 3.63) is 76.9 Å². The van der Waals surface area contributed by atoms with Gasteiger partial charge in [-0.2, -0.15) is 5.26 Å². The molecule has 2 aromatic carbocycles. The first-order valence-corrected chi connectivity index (χ1v) is 6.44. The van der Waals surface area contributed by atoms with Crippen LogP contribution >= 0.6 is 0 Å². The fourth-order valence-electron chi connectivity index (χ4n) is 1.94. The van der Waals surface area contributed by atoms with E-state index in [9.17, 15) is 9.59 Å². The predicted molar refractivity (Wildman–Crippen MR) is 80.6 cm³/mol. The summed E-state index contributed by atoms with van der Waals surface area (Å²) in [6.07, 6.45) is 1.53. The quantitative estimate of drug-likeness (QED) is 0.372. The molecule has 0 heterocycles. The number of Topliss-reactive ketones (excluding diaryl/α,β-unsaturated/α-hetero) is 2. The smallest absolute Gasteiger partial charge is 0.196 e. The molecule has 0 spiro atoms. The largest absolute Gasteiger partial charge is 0.294 e. The summed E-state index contributed by atoms with van der Waals surface area (Å²) in [4.78, 5) is 24.2. The SMILES string of the molecule is CC(=O)/C(=C\c1cccc(C#N)c1)C(=O)c1ccccc1. The molecule has 102 valence electrons. The maximum Gasteiger partial charge on any atom is 0.196 e. The van der Waals surface area contributed by atoms with Crippen LogP contribution in [0.15, 0.2) is 60.2 Å². The fourth-order valence-corrected chi connectivity index (χ4v) is 1.94. The van der Waals surface area contributed by atoms with E-state index in [1.807, 2.05) is 12.1 Å². The molecule has 21 heavy (non-hydrogen) atoms. The van der Waals surface area contributed by atoms with Crippen molar-refractivity contribution in [2.75, 3.05) is 0 Å². The minimum Gasteiger partial charge on any atom is -0.294 e. The number of ketones is 2. The number of hydrogen-bond acceptors (Lipinski definition) is 3. The number of rotatable bonds is 4. The van der Waals surface area contributed by atoms with Gasteiger partial charge in [-0.1, -0.05) is 42.5 Å². The van der Waals surface area contributed by atoms with E-state index in [2.05, 4.69) is 0 Å². The first-order chi connectivity index (χ1) is 10.1. The molecule has 2 rings (SSSR count). The highest BCUT2D eigenvalue weighted by Crippen LogP contribution is 2.15. The van der Waals surface area contributed by atoms with Gasteiger partial charge < -0.3 is 0 Å². The predicted octanol–water partition coefficient (Wildman–Crippen LogP) is 3.41. The summed E-state index contributed by atoms with van der Waals surface area (Å²) in [6, 6.07) is 17.5. The van der Waals surface area contributed by atoms with Gasteiger partial charge in [0, 0.05) is 5.56 Å². The van der Waals surface area contributed by atoms with Crippen LogP contribution in [0.25, 0.3) is 6.08 Å². The van der Waals surface area contributed by atoms with E-state index < -0.39 is 0 Å². The third kappa shape index (κ3) is 3.52. The van der Waals surface area contributed by atoms with Gasteiger partial charge in [0.05, 0.1) is 17.2 Å². The van der Waals surface area contributed by atoms with Crippen molar-refractivity contribution in [3.8, 4) is 6.07 Å². The topological polar surface area (TPSA) is 57.9 Å². The highest BCUT2D eigenvalue weighted by atomic mass is 16.1. The van der Waals surface area contributed by atoms with Gasteiger partial charge in [-0.15, -0.1) is 0 Å². The molecule has 0 bridgehead atoms. The lowest BCUT2D eigenvalue weighted by Crippen LogP contribution is -2.10. The number of carbonyl (C=O) groups is 2. The summed E-state index contributed by atoms with van der Waals surface area (Å²) < 4.78 is 0. The van der Waals surface area contributed by atoms with Crippen molar-refractivity contribution in [3.63, 3.8) is 0 Å². The van der Waals surface area contributed by atoms with Crippen molar-refractivity contribution in [2.24, 2.45) is 0 Å². The Morgan fingerprint density at radius 3 is 2.38 bits per heavy atom. The van der Waals surface area contributed by atoms with Crippen LogP contribution < -0.4 is 0 Å². The zero-order valence-corrected chi connectivity index (χ0v) is 11.5. The number of allylic oxidation sites excluding steroid dienone is 1. The molecule has 2 aromatic rings. The van der Waals surface area contributed by atoms with Gasteiger partial charge in [0.25, 0.3) is 0 Å². The summed E-state index contributed by atoms with van der Waals surface area (Å²) in [5, 5.41) is 8.89. The van der Waals surface area contributed by atoms with Gasteiger partial charge in [-0.3, -0.25) is 9.59 Å². The molecule has 0 unspecified atom stereocenters. The summed E-state index contributed by atoms with van der Waals surface area (Å²) in [7, 11) is 0. The highest BCUT2D eigenvalue weighted by molar-refractivity contribution is 6.28. The Morgan fingerprint density at radius 2 is 1.76 bits per heavy atom. The van der Waals surface area contributed by atoms with E-state index in [4.69, 9.17) is 5.26 Å². The standard InChI is InChI=1S/C18H13NO2/c1-13(20)17(18(21)16-8-3-2-4-9-16)11-14-6-5-7-15(10-14)12-19/h2-11H,1H3/b17-11+. The second-order valence-electron chi connectivity index (χ2n) is 4.55. The first-order valence-electron chi connectivity index (χ1n) is 6.44. The summed E-state index contributed by atoms with van der Waals surface area (Å²) >= 11 is 0. The number of carbonyl (C=O) groups excluding carboxylic acids is 2. The minimum atomic E-state index is -0.314. The molecule has 0 aliphatic heterocycles. The lowest BCUT2D eigenvalue weighted by molar-refractivity contribution is -0.113. The molecule has 0 fully saturated rings. The normalized spacial score (nSPS) is 10.8. The van der Waals surface area contributed by atoms with Crippen molar-refractivity contribution in [1.82, 2.24) is 0 Å². The lowest BCUT2D eigenvalue weighted by Gasteiger charge is -2.04. The molecular weight excluding hydrogens is 262 g/mol. The fraction of sp³-hybridized carbons (Fsp3) is 0.0556. The number of nitrogens with zero attached hydrogens (tertiary/aromatic N) is 1. The van der Waals surface area contributed by atoms with Crippen LogP contribution in [0.5, 0.6) is 0 Å². The molecule has 3 nitrogen and oxygen atoms in total. The van der Waals surface area contributed by atoms with Gasteiger partial charge in [0.15, 0.2) is 11.6 Å². The summed E-state index contributed by atoms with van der Waals surface area (Å²) in [5.41, 5.74) is 1.72. The average molecular weight is 275 g/mol. The van der Waals surface area contributed by atoms with E-state index in [-0.39, 0.29) is 17.1 Å². The molecule has 0 saturated heterocycles. The van der Waals surface area contributed by atoms with E-state index in [1.54, 1.807) is 48.5 Å². The van der Waals surface area contributed by atoms with Crippen molar-refractivity contribution in [2.45, 2.75) is 6.92 Å². The van der Waals surface area contributed by atoms with Gasteiger partial charge in [0.2, 0.25) is 0 Å². The first kappa shape index (κ1) is 14.4. The zero-order valence-electron chi connectivity index (χ0n) is 11.5. The molecule has 0 atom stereocenters. The van der Waals surface area contributed by atoms with Crippen LogP contribution in [-0.4, -0.2) is 11.6 Å². The Kier molecular flexibility index (Phi) is 4.43. The van der Waals surface area contributed by atoms with Gasteiger partial charge >= 0.3 is 0 Å². The number of nitriles is 1. The van der Waals surface area contributed by atoms with Crippen molar-refractivity contribution < 1.29 is 9.59 Å². The molecule has 0 aromatic heterocycles. The van der Waals surface area contributed by atoms with Crippen molar-refractivity contribution >= 4 is 17.6 Å². The Morgan fingerprint density at radius 1 is 1.05 bits per heavy atom. The third-order valence-corrected chi connectivity index (χ3v) is 2.99. The van der Waals surface area contributed by atoms with E-state index in [0.29, 0.717) is 16.7 Å². The summed E-state index contributed by atoms with van der Waals surface area (Å²) in [6.45, 7) is 1.36. The van der Waals surface area contributed by atoms with Gasteiger partial charge in [-0.05, 0) is 30.7 Å². The molecule has 3 heteroatoms. The Bertz CT molecular complexity index is 752. The Hall–Kier alpha value is -2.99. The van der Waals surface area contributed by atoms with Crippen LogP contribution in [0, 0.1) is 11.3 Å². The molecule has 0 saturated carbocycles. The molecule has 0 amide bonds. The average Bonchev–Trinajstić information content (AvgIpc) is 2.52. The monoisotopic (exact) mass is 275 g/mol. The van der Waals surface area contributed by atoms with E-state index in [1.165, 1.54) is 13.0 Å². The molecule has 0 aliphatic rings. The maximum atomic E-state index is 12.4. The van der Waals surface area contributed by atoms with Crippen LogP contribution in [-0.2, 0) is 4.79 Å². The van der Waals surface area contributed by atoms with Crippen LogP contribution in [0.4, 0.5) is 0 Å². The molecule has 0 radical (unpaired) electrons. The van der Waals surface area contributed by atoms with E-state index >= 15 is 0 Å². The van der Waals surface area contributed by atoms with Crippen LogP contribution in [0.1, 0.15) is 28.4 Å². The molecular formula is C18H13NO2. The second-order valence-corrected chi connectivity index (χ2v) is 4.55.